The second-order valence-corrected chi connectivity index (χ2v) is 4.79. The van der Waals surface area contributed by atoms with Crippen LogP contribution in [0.5, 0.6) is 0 Å². The fourth-order valence-corrected chi connectivity index (χ4v) is 2.22. The highest BCUT2D eigenvalue weighted by Crippen LogP contribution is 2.20. The maximum atomic E-state index is 11.3. The summed E-state index contributed by atoms with van der Waals surface area (Å²) in [4.78, 5) is 11.3. The van der Waals surface area contributed by atoms with Crippen molar-refractivity contribution in [2.45, 2.75) is 39.0 Å². The number of benzene rings is 1. The van der Waals surface area contributed by atoms with Crippen LogP contribution in [0.2, 0.25) is 10.0 Å². The molecule has 88 valence electrons. The third-order valence-corrected chi connectivity index (χ3v) is 2.81. The molecule has 0 fully saturated rings. The number of carbonyl (C=O) groups excluding carboxylic acids is 1. The Morgan fingerprint density at radius 2 is 1.75 bits per heavy atom. The van der Waals surface area contributed by atoms with Crippen LogP contribution >= 0.6 is 23.2 Å². The quantitative estimate of drug-likeness (QED) is 0.724. The predicted octanol–water partition coefficient (Wildman–Crippen LogP) is 4.69. The molecule has 0 heterocycles. The Balaban J connectivity index is 2.40. The van der Waals surface area contributed by atoms with Gasteiger partial charge in [0, 0.05) is 22.9 Å². The van der Waals surface area contributed by atoms with Crippen LogP contribution < -0.4 is 0 Å². The summed E-state index contributed by atoms with van der Waals surface area (Å²) in [5.41, 5.74) is 1.10. The number of rotatable bonds is 6. The van der Waals surface area contributed by atoms with Gasteiger partial charge in [-0.3, -0.25) is 4.79 Å². The zero-order valence-corrected chi connectivity index (χ0v) is 10.9. The molecule has 0 aliphatic rings. The van der Waals surface area contributed by atoms with Gasteiger partial charge in [-0.2, -0.15) is 0 Å². The minimum Gasteiger partial charge on any atom is -0.300 e. The van der Waals surface area contributed by atoms with Crippen molar-refractivity contribution in [2.24, 2.45) is 0 Å². The van der Waals surface area contributed by atoms with Gasteiger partial charge in [-0.1, -0.05) is 30.1 Å². The molecule has 0 spiro atoms. The molecule has 0 aliphatic carbocycles. The molecule has 16 heavy (non-hydrogen) atoms. The lowest BCUT2D eigenvalue weighted by Crippen LogP contribution is -1.97. The normalized spacial score (nSPS) is 10.4. The van der Waals surface area contributed by atoms with Crippen molar-refractivity contribution >= 4 is 29.0 Å². The molecule has 0 N–H and O–H groups in total. The average Bonchev–Trinajstić information content (AvgIpc) is 2.16. The molecule has 0 atom stereocenters. The number of aryl methyl sites for hydroxylation is 1. The highest BCUT2D eigenvalue weighted by Gasteiger charge is 2.02. The third kappa shape index (κ3) is 5.00. The van der Waals surface area contributed by atoms with Gasteiger partial charge in [0.25, 0.3) is 0 Å². The number of carbonyl (C=O) groups is 1. The summed E-state index contributed by atoms with van der Waals surface area (Å²) in [7, 11) is 0. The van der Waals surface area contributed by atoms with E-state index in [4.69, 9.17) is 23.2 Å². The number of hydrogen-bond acceptors (Lipinski definition) is 1. The van der Waals surface area contributed by atoms with E-state index in [2.05, 4.69) is 0 Å². The molecule has 0 saturated carbocycles. The molecule has 0 saturated heterocycles. The van der Waals surface area contributed by atoms with Gasteiger partial charge in [-0.05, 0) is 43.0 Å². The zero-order chi connectivity index (χ0) is 12.0. The van der Waals surface area contributed by atoms with Gasteiger partial charge in [-0.25, -0.2) is 0 Å². The van der Waals surface area contributed by atoms with E-state index < -0.39 is 0 Å². The van der Waals surface area contributed by atoms with Crippen LogP contribution in [0, 0.1) is 0 Å². The Bertz CT molecular complexity index is 341. The fraction of sp³-hybridized carbons (Fsp3) is 0.462. The van der Waals surface area contributed by atoms with E-state index in [1.54, 1.807) is 6.07 Å². The van der Waals surface area contributed by atoms with E-state index in [1.807, 2.05) is 19.1 Å². The van der Waals surface area contributed by atoms with Crippen molar-refractivity contribution in [1.29, 1.82) is 0 Å². The van der Waals surface area contributed by atoms with E-state index in [0.717, 1.165) is 24.8 Å². The molecule has 0 radical (unpaired) electrons. The van der Waals surface area contributed by atoms with Gasteiger partial charge < -0.3 is 0 Å². The van der Waals surface area contributed by atoms with Crippen LogP contribution in [0.1, 0.15) is 38.2 Å². The van der Waals surface area contributed by atoms with E-state index in [1.165, 1.54) is 0 Å². The first-order valence-electron chi connectivity index (χ1n) is 5.58. The first-order chi connectivity index (χ1) is 7.61. The lowest BCUT2D eigenvalue weighted by atomic mass is 10.0. The van der Waals surface area contributed by atoms with Gasteiger partial charge in [0.05, 0.1) is 0 Å². The average molecular weight is 259 g/mol. The second kappa shape index (κ2) is 6.93. The standard InChI is InChI=1S/C13H16Cl2O/c1-2-4-13(16)6-3-5-10-7-11(14)9-12(15)8-10/h7-9H,2-6H2,1H3. The molecule has 0 bridgehead atoms. The Morgan fingerprint density at radius 1 is 1.12 bits per heavy atom. The van der Waals surface area contributed by atoms with Gasteiger partial charge in [0.1, 0.15) is 5.78 Å². The summed E-state index contributed by atoms with van der Waals surface area (Å²) in [6, 6.07) is 5.52. The number of Topliss-reactive ketones (excluding diaryl/α,β-unsaturated/α-hetero) is 1. The van der Waals surface area contributed by atoms with Crippen LogP contribution in [0.15, 0.2) is 18.2 Å². The van der Waals surface area contributed by atoms with E-state index in [-0.39, 0.29) is 0 Å². The molecule has 1 aromatic carbocycles. The van der Waals surface area contributed by atoms with Crippen molar-refractivity contribution < 1.29 is 4.79 Å². The van der Waals surface area contributed by atoms with Crippen LogP contribution in [-0.4, -0.2) is 5.78 Å². The molecule has 1 rings (SSSR count). The number of ketones is 1. The largest absolute Gasteiger partial charge is 0.300 e. The predicted molar refractivity (Wildman–Crippen MR) is 69.3 cm³/mol. The highest BCUT2D eigenvalue weighted by molar-refractivity contribution is 6.34. The van der Waals surface area contributed by atoms with Gasteiger partial charge >= 0.3 is 0 Å². The fourth-order valence-electron chi connectivity index (χ4n) is 1.65. The van der Waals surface area contributed by atoms with Gasteiger partial charge in [0.2, 0.25) is 0 Å². The Hall–Kier alpha value is -0.530. The summed E-state index contributed by atoms with van der Waals surface area (Å²) < 4.78 is 0. The Labute approximate surface area is 107 Å². The van der Waals surface area contributed by atoms with Crippen LogP contribution in [0.3, 0.4) is 0 Å². The SMILES string of the molecule is CCCC(=O)CCCc1cc(Cl)cc(Cl)c1. The minimum atomic E-state index is 0.343. The van der Waals surface area contributed by atoms with Gasteiger partial charge in [-0.15, -0.1) is 0 Å². The Kier molecular flexibility index (Phi) is 5.86. The molecule has 1 aromatic rings. The van der Waals surface area contributed by atoms with Crippen LogP contribution in [-0.2, 0) is 11.2 Å². The Morgan fingerprint density at radius 3 is 2.31 bits per heavy atom. The molecule has 0 aliphatic heterocycles. The first kappa shape index (κ1) is 13.5. The maximum Gasteiger partial charge on any atom is 0.132 e. The molecular weight excluding hydrogens is 243 g/mol. The van der Waals surface area contributed by atoms with Crippen molar-refractivity contribution in [1.82, 2.24) is 0 Å². The number of halogens is 2. The van der Waals surface area contributed by atoms with Crippen molar-refractivity contribution in [2.75, 3.05) is 0 Å². The van der Waals surface area contributed by atoms with Gasteiger partial charge in [0.15, 0.2) is 0 Å². The van der Waals surface area contributed by atoms with Crippen molar-refractivity contribution in [3.8, 4) is 0 Å². The van der Waals surface area contributed by atoms with E-state index in [0.29, 0.717) is 28.7 Å². The summed E-state index contributed by atoms with van der Waals surface area (Å²) >= 11 is 11.8. The van der Waals surface area contributed by atoms with Crippen LogP contribution in [0.25, 0.3) is 0 Å². The zero-order valence-electron chi connectivity index (χ0n) is 9.43. The summed E-state index contributed by atoms with van der Waals surface area (Å²) in [5, 5.41) is 1.31. The highest BCUT2D eigenvalue weighted by atomic mass is 35.5. The summed E-state index contributed by atoms with van der Waals surface area (Å²) in [6.45, 7) is 2.02. The van der Waals surface area contributed by atoms with Crippen molar-refractivity contribution in [3.05, 3.63) is 33.8 Å². The molecule has 0 aromatic heterocycles. The lowest BCUT2D eigenvalue weighted by molar-refractivity contribution is -0.119. The maximum absolute atomic E-state index is 11.3. The molecule has 1 nitrogen and oxygen atoms in total. The van der Waals surface area contributed by atoms with Crippen LogP contribution in [0.4, 0.5) is 0 Å². The summed E-state index contributed by atoms with van der Waals surface area (Å²) in [5.74, 6) is 0.343. The summed E-state index contributed by atoms with van der Waals surface area (Å²) in [6.07, 6.45) is 4.00. The topological polar surface area (TPSA) is 17.1 Å². The first-order valence-corrected chi connectivity index (χ1v) is 6.34. The molecular formula is C13H16Cl2O. The minimum absolute atomic E-state index is 0.343. The third-order valence-electron chi connectivity index (χ3n) is 2.37. The molecule has 0 unspecified atom stereocenters. The lowest BCUT2D eigenvalue weighted by Gasteiger charge is -2.03. The number of hydrogen-bond donors (Lipinski definition) is 0. The molecule has 0 amide bonds. The monoisotopic (exact) mass is 258 g/mol. The van der Waals surface area contributed by atoms with Crippen molar-refractivity contribution in [3.63, 3.8) is 0 Å². The second-order valence-electron chi connectivity index (χ2n) is 3.92. The van der Waals surface area contributed by atoms with E-state index in [9.17, 15) is 4.79 Å². The molecule has 3 heteroatoms. The smallest absolute Gasteiger partial charge is 0.132 e. The van der Waals surface area contributed by atoms with E-state index >= 15 is 0 Å².